The zero-order valence-electron chi connectivity index (χ0n) is 35.7. The van der Waals surface area contributed by atoms with Gasteiger partial charge < -0.3 is 4.57 Å². The monoisotopic (exact) mass is 809 g/mol. The lowest BCUT2D eigenvalue weighted by atomic mass is 9.64. The van der Waals surface area contributed by atoms with Gasteiger partial charge in [-0.1, -0.05) is 226 Å². The van der Waals surface area contributed by atoms with Crippen molar-refractivity contribution in [2.45, 2.75) is 48.9 Å². The molecule has 1 heterocycles. The number of nitrogens with zero attached hydrogens (tertiary/aromatic N) is 1. The summed E-state index contributed by atoms with van der Waals surface area (Å²) in [6, 6.07) is 90.6. The summed E-state index contributed by atoms with van der Waals surface area (Å²) in [6.45, 7) is 0. The van der Waals surface area contributed by atoms with E-state index in [-0.39, 0.29) is 0 Å². The molecular formula is C62H51N. The second-order valence-electron chi connectivity index (χ2n) is 17.4. The molecule has 0 unspecified atom stereocenters. The Hall–Kier alpha value is -7.22. The van der Waals surface area contributed by atoms with Gasteiger partial charge in [0, 0.05) is 16.5 Å². The van der Waals surface area contributed by atoms with Crippen LogP contribution in [0, 0.1) is 0 Å². The second-order valence-corrected chi connectivity index (χ2v) is 17.4. The summed E-state index contributed by atoms with van der Waals surface area (Å²) in [5.74, 6) is 0.653. The molecule has 10 aromatic rings. The maximum Gasteiger partial charge on any atom is 0.0701 e. The molecule has 1 nitrogen and oxygen atoms in total. The fourth-order valence-corrected chi connectivity index (χ4v) is 11.2. The quantitative estimate of drug-likeness (QED) is 0.121. The third kappa shape index (κ3) is 6.54. The molecule has 0 N–H and O–H groups in total. The molecule has 9 aromatic carbocycles. The largest absolute Gasteiger partial charge is 0.309 e. The maximum atomic E-state index is 2.51. The molecule has 0 saturated heterocycles. The second kappa shape index (κ2) is 16.6. The van der Waals surface area contributed by atoms with E-state index in [1.54, 1.807) is 0 Å². The van der Waals surface area contributed by atoms with Gasteiger partial charge in [0.25, 0.3) is 0 Å². The van der Waals surface area contributed by atoms with E-state index in [4.69, 9.17) is 0 Å². The fourth-order valence-electron chi connectivity index (χ4n) is 11.2. The molecule has 0 radical (unpaired) electrons. The molecule has 1 aliphatic carbocycles. The Morgan fingerprint density at radius 1 is 0.302 bits per heavy atom. The topological polar surface area (TPSA) is 4.93 Å². The van der Waals surface area contributed by atoms with Gasteiger partial charge in [0.1, 0.15) is 0 Å². The van der Waals surface area contributed by atoms with E-state index in [0.29, 0.717) is 5.92 Å². The first-order valence-corrected chi connectivity index (χ1v) is 22.8. The van der Waals surface area contributed by atoms with Gasteiger partial charge in [0.15, 0.2) is 0 Å². The van der Waals surface area contributed by atoms with Crippen LogP contribution in [0.15, 0.2) is 243 Å². The highest BCUT2D eigenvalue weighted by Crippen LogP contribution is 2.49. The van der Waals surface area contributed by atoms with Gasteiger partial charge in [-0.15, -0.1) is 0 Å². The number of benzene rings is 9. The van der Waals surface area contributed by atoms with Gasteiger partial charge in [0.2, 0.25) is 0 Å². The number of hydrogen-bond donors (Lipinski definition) is 0. The normalized spacial score (nSPS) is 13.7. The van der Waals surface area contributed by atoms with Gasteiger partial charge >= 0.3 is 0 Å². The fraction of sp³-hybridized carbons (Fsp3) is 0.129. The van der Waals surface area contributed by atoms with Crippen LogP contribution in [0.2, 0.25) is 0 Å². The molecule has 1 heteroatoms. The third-order valence-electron chi connectivity index (χ3n) is 14.1. The lowest BCUT2D eigenvalue weighted by Crippen LogP contribution is -2.31. The SMILES string of the molecule is c1ccc(C(c2ccccc2)(c2ccccc2)c2ccc3c(c2)c2cc(C(c4ccccc4)(c4ccccc4)c4ccccc4)ccc2n3-c2ccc(C3CCCCC3)cc2)cc1. The number of aromatic nitrogens is 1. The summed E-state index contributed by atoms with van der Waals surface area (Å²) in [4.78, 5) is 0. The van der Waals surface area contributed by atoms with Crippen molar-refractivity contribution >= 4 is 21.8 Å². The molecule has 1 aromatic heterocycles. The summed E-state index contributed by atoms with van der Waals surface area (Å²) in [6.07, 6.45) is 6.60. The zero-order valence-corrected chi connectivity index (χ0v) is 35.7. The smallest absolute Gasteiger partial charge is 0.0701 e. The van der Waals surface area contributed by atoms with E-state index in [9.17, 15) is 0 Å². The Bertz CT molecular complexity index is 2720. The standard InChI is InChI=1S/C62H51N/c1-8-22-46(23-9-1)47-36-40-56(41-37-47)63-59-42-38-54(61(48-24-10-2-11-25-48,49-26-12-3-13-27-49)50-28-14-4-15-29-50)44-57(59)58-45-55(39-43-60(58)63)62(51-30-16-5-17-31-51,52-32-18-6-19-33-52)53-34-20-7-21-35-53/h2-7,10-21,24-46H,1,8-9,22-23H2. The van der Waals surface area contributed by atoms with Crippen molar-refractivity contribution in [1.82, 2.24) is 4.57 Å². The summed E-state index contributed by atoms with van der Waals surface area (Å²) in [5, 5.41) is 2.46. The molecule has 1 aliphatic rings. The Labute approximate surface area is 372 Å². The van der Waals surface area contributed by atoms with Crippen LogP contribution in [0.25, 0.3) is 27.5 Å². The Balaban J connectivity index is 1.23. The Morgan fingerprint density at radius 3 is 0.937 bits per heavy atom. The number of hydrogen-bond acceptors (Lipinski definition) is 0. The van der Waals surface area contributed by atoms with Crippen molar-refractivity contribution in [2.75, 3.05) is 0 Å². The molecule has 0 amide bonds. The summed E-state index contributed by atoms with van der Waals surface area (Å²) in [7, 11) is 0. The molecule has 0 aliphatic heterocycles. The highest BCUT2D eigenvalue weighted by molar-refractivity contribution is 6.10. The molecule has 304 valence electrons. The van der Waals surface area contributed by atoms with Gasteiger partial charge in [-0.2, -0.15) is 0 Å². The summed E-state index contributed by atoms with van der Waals surface area (Å²) < 4.78 is 2.51. The molecule has 1 fully saturated rings. The van der Waals surface area contributed by atoms with E-state index >= 15 is 0 Å². The number of rotatable bonds is 10. The predicted octanol–water partition coefficient (Wildman–Crippen LogP) is 15.6. The first-order chi connectivity index (χ1) is 31.3. The van der Waals surface area contributed by atoms with Crippen molar-refractivity contribution in [2.24, 2.45) is 0 Å². The van der Waals surface area contributed by atoms with Gasteiger partial charge in [0.05, 0.1) is 21.9 Å². The van der Waals surface area contributed by atoms with Crippen molar-refractivity contribution in [1.29, 1.82) is 0 Å². The minimum Gasteiger partial charge on any atom is -0.309 e. The first kappa shape index (κ1) is 38.7. The lowest BCUT2D eigenvalue weighted by molar-refractivity contribution is 0.443. The van der Waals surface area contributed by atoms with Crippen LogP contribution in [-0.4, -0.2) is 4.57 Å². The van der Waals surface area contributed by atoms with Gasteiger partial charge in [-0.3, -0.25) is 0 Å². The molecule has 0 spiro atoms. The van der Waals surface area contributed by atoms with Crippen molar-refractivity contribution in [3.05, 3.63) is 293 Å². The van der Waals surface area contributed by atoms with Crippen LogP contribution in [0.5, 0.6) is 0 Å². The van der Waals surface area contributed by atoms with Crippen molar-refractivity contribution < 1.29 is 0 Å². The van der Waals surface area contributed by atoms with Crippen LogP contribution < -0.4 is 0 Å². The third-order valence-corrected chi connectivity index (χ3v) is 14.1. The molecular weight excluding hydrogens is 759 g/mol. The van der Waals surface area contributed by atoms with Crippen LogP contribution in [0.3, 0.4) is 0 Å². The van der Waals surface area contributed by atoms with E-state index in [0.717, 1.165) is 0 Å². The minimum absolute atomic E-state index is 0.576. The van der Waals surface area contributed by atoms with E-state index in [2.05, 4.69) is 247 Å². The highest BCUT2D eigenvalue weighted by atomic mass is 15.0. The molecule has 63 heavy (non-hydrogen) atoms. The predicted molar refractivity (Wildman–Crippen MR) is 263 cm³/mol. The van der Waals surface area contributed by atoms with Crippen molar-refractivity contribution in [3.63, 3.8) is 0 Å². The molecule has 11 rings (SSSR count). The highest BCUT2D eigenvalue weighted by Gasteiger charge is 2.40. The molecule has 0 atom stereocenters. The van der Waals surface area contributed by atoms with Crippen LogP contribution >= 0.6 is 0 Å². The van der Waals surface area contributed by atoms with Crippen molar-refractivity contribution in [3.8, 4) is 5.69 Å². The van der Waals surface area contributed by atoms with Crippen LogP contribution in [0.1, 0.15) is 88.1 Å². The van der Waals surface area contributed by atoms with E-state index in [1.807, 2.05) is 0 Å². The summed E-state index contributed by atoms with van der Waals surface area (Å²) in [5.41, 5.74) is 13.8. The average molecular weight is 810 g/mol. The number of fused-ring (bicyclic) bond motifs is 3. The van der Waals surface area contributed by atoms with Gasteiger partial charge in [-0.05, 0) is 105 Å². The first-order valence-electron chi connectivity index (χ1n) is 22.8. The van der Waals surface area contributed by atoms with E-state index < -0.39 is 10.8 Å². The average Bonchev–Trinajstić information content (AvgIpc) is 3.70. The summed E-state index contributed by atoms with van der Waals surface area (Å²) >= 11 is 0. The lowest BCUT2D eigenvalue weighted by Gasteiger charge is -2.37. The minimum atomic E-state index is -0.576. The van der Waals surface area contributed by atoms with Crippen LogP contribution in [-0.2, 0) is 10.8 Å². The molecule has 0 bridgehead atoms. The zero-order chi connectivity index (χ0) is 42.1. The van der Waals surface area contributed by atoms with Crippen LogP contribution in [0.4, 0.5) is 0 Å². The Kier molecular flexibility index (Phi) is 10.2. The maximum absolute atomic E-state index is 2.51. The van der Waals surface area contributed by atoms with Gasteiger partial charge in [-0.25, -0.2) is 0 Å². The Morgan fingerprint density at radius 2 is 0.619 bits per heavy atom. The van der Waals surface area contributed by atoms with E-state index in [1.165, 1.54) is 110 Å². The molecule has 1 saturated carbocycles.